The predicted molar refractivity (Wildman–Crippen MR) is 96.9 cm³/mol. The summed E-state index contributed by atoms with van der Waals surface area (Å²) in [6.07, 6.45) is 4.02. The fourth-order valence-electron chi connectivity index (χ4n) is 5.07. The third kappa shape index (κ3) is 2.45. The molecule has 2 heterocycles. The number of para-hydroxylation sites is 1. The van der Waals surface area contributed by atoms with Crippen LogP contribution in [0, 0.1) is 14.8 Å². The molecule has 2 fully saturated rings. The highest BCUT2D eigenvalue weighted by Crippen LogP contribution is 2.52. The van der Waals surface area contributed by atoms with Crippen molar-refractivity contribution in [2.75, 3.05) is 6.54 Å². The van der Waals surface area contributed by atoms with E-state index >= 15 is 0 Å². The van der Waals surface area contributed by atoms with Gasteiger partial charge in [0, 0.05) is 12.6 Å². The largest absolute Gasteiger partial charge is 0.309 e. The molecule has 2 aliphatic rings. The second-order valence-corrected chi connectivity index (χ2v) is 10.0. The number of rotatable bonds is 2. The maximum atomic E-state index is 5.64. The van der Waals surface area contributed by atoms with Crippen LogP contribution in [-0.4, -0.2) is 22.1 Å². The number of aromatic nitrogens is 1. The summed E-state index contributed by atoms with van der Waals surface area (Å²) in [5, 5.41) is 0. The highest BCUT2D eigenvalue weighted by Gasteiger charge is 2.49. The van der Waals surface area contributed by atoms with Crippen LogP contribution in [0.2, 0.25) is 0 Å². The molecule has 0 radical (unpaired) electrons. The van der Waals surface area contributed by atoms with Crippen LogP contribution in [0.1, 0.15) is 40.0 Å². The van der Waals surface area contributed by atoms with Gasteiger partial charge in [-0.05, 0) is 54.4 Å². The zero-order valence-corrected chi connectivity index (χ0v) is 15.3. The van der Waals surface area contributed by atoms with Gasteiger partial charge in [-0.25, -0.2) is 0 Å². The molecule has 2 atom stereocenters. The van der Waals surface area contributed by atoms with E-state index in [0.29, 0.717) is 16.9 Å². The molecule has 2 bridgehead atoms. The standard InChI is InChI=1S/C18H24N2S2/c1-17(2)8-13-9-18(3,10-17)11-19(13)12-20-14-6-4-5-7-15(14)22-16(20)21/h4-7,13H,8-12H2,1-3H3/t13-,18+/m0/s1. The summed E-state index contributed by atoms with van der Waals surface area (Å²) < 4.78 is 4.65. The quantitative estimate of drug-likeness (QED) is 0.690. The second kappa shape index (κ2) is 4.89. The van der Waals surface area contributed by atoms with Gasteiger partial charge in [0.15, 0.2) is 3.95 Å². The Labute approximate surface area is 141 Å². The van der Waals surface area contributed by atoms with Crippen LogP contribution >= 0.6 is 23.6 Å². The average Bonchev–Trinajstić information content (AvgIpc) is 2.84. The number of thiazole rings is 1. The molecule has 4 heteroatoms. The van der Waals surface area contributed by atoms with Gasteiger partial charge in [0.25, 0.3) is 0 Å². The minimum Gasteiger partial charge on any atom is -0.309 e. The first kappa shape index (κ1) is 14.9. The Morgan fingerprint density at radius 2 is 2.00 bits per heavy atom. The van der Waals surface area contributed by atoms with Crippen LogP contribution in [0.25, 0.3) is 10.2 Å². The summed E-state index contributed by atoms with van der Waals surface area (Å²) in [5.41, 5.74) is 2.26. The molecule has 0 N–H and O–H groups in total. The number of nitrogens with zero attached hydrogens (tertiary/aromatic N) is 2. The van der Waals surface area contributed by atoms with Crippen molar-refractivity contribution in [3.63, 3.8) is 0 Å². The van der Waals surface area contributed by atoms with Crippen LogP contribution in [0.15, 0.2) is 24.3 Å². The molecule has 4 rings (SSSR count). The van der Waals surface area contributed by atoms with Crippen LogP contribution < -0.4 is 0 Å². The maximum absolute atomic E-state index is 5.64. The summed E-state index contributed by atoms with van der Waals surface area (Å²) in [6, 6.07) is 9.32. The highest BCUT2D eigenvalue weighted by molar-refractivity contribution is 7.73. The Hall–Kier alpha value is -0.710. The molecule has 1 saturated carbocycles. The van der Waals surface area contributed by atoms with Crippen LogP contribution in [0.5, 0.6) is 0 Å². The molecule has 1 saturated heterocycles. The Balaban J connectivity index is 1.67. The third-order valence-electron chi connectivity index (χ3n) is 5.42. The van der Waals surface area contributed by atoms with Crippen molar-refractivity contribution in [1.82, 2.24) is 9.47 Å². The van der Waals surface area contributed by atoms with Gasteiger partial charge < -0.3 is 4.57 Å². The lowest BCUT2D eigenvalue weighted by Crippen LogP contribution is -2.35. The molecule has 1 aliphatic heterocycles. The lowest BCUT2D eigenvalue weighted by Gasteiger charge is -2.39. The minimum atomic E-state index is 0.477. The zero-order chi connectivity index (χ0) is 15.5. The number of fused-ring (bicyclic) bond motifs is 3. The van der Waals surface area contributed by atoms with Crippen molar-refractivity contribution in [3.8, 4) is 0 Å². The summed E-state index contributed by atoms with van der Waals surface area (Å²) in [4.78, 5) is 2.68. The smallest absolute Gasteiger partial charge is 0.163 e. The molecular weight excluding hydrogens is 308 g/mol. The summed E-state index contributed by atoms with van der Waals surface area (Å²) >= 11 is 7.37. The van der Waals surface area contributed by atoms with Gasteiger partial charge in [-0.1, -0.05) is 32.9 Å². The first-order valence-corrected chi connectivity index (χ1v) is 9.40. The molecule has 22 heavy (non-hydrogen) atoms. The Morgan fingerprint density at radius 3 is 2.82 bits per heavy atom. The first-order chi connectivity index (χ1) is 10.4. The van der Waals surface area contributed by atoms with Gasteiger partial charge in [-0.2, -0.15) is 0 Å². The molecule has 0 amide bonds. The molecule has 2 aromatic rings. The van der Waals surface area contributed by atoms with E-state index in [0.717, 1.165) is 10.6 Å². The van der Waals surface area contributed by atoms with Gasteiger partial charge in [-0.3, -0.25) is 4.90 Å². The molecule has 1 aliphatic carbocycles. The monoisotopic (exact) mass is 332 g/mol. The van der Waals surface area contributed by atoms with Crippen molar-refractivity contribution in [3.05, 3.63) is 28.2 Å². The summed E-state index contributed by atoms with van der Waals surface area (Å²) in [5.74, 6) is 0. The Bertz CT molecular complexity index is 773. The number of hydrogen-bond donors (Lipinski definition) is 0. The van der Waals surface area contributed by atoms with Crippen molar-refractivity contribution in [1.29, 1.82) is 0 Å². The molecule has 1 aromatic carbocycles. The van der Waals surface area contributed by atoms with E-state index in [-0.39, 0.29) is 0 Å². The highest BCUT2D eigenvalue weighted by atomic mass is 32.1. The van der Waals surface area contributed by atoms with Crippen molar-refractivity contribution in [2.45, 2.75) is 52.7 Å². The summed E-state index contributed by atoms with van der Waals surface area (Å²) in [6.45, 7) is 9.53. The molecule has 0 spiro atoms. The third-order valence-corrected chi connectivity index (χ3v) is 6.85. The van der Waals surface area contributed by atoms with Gasteiger partial charge in [0.2, 0.25) is 0 Å². The van der Waals surface area contributed by atoms with Crippen LogP contribution in [0.3, 0.4) is 0 Å². The van der Waals surface area contributed by atoms with E-state index in [1.165, 1.54) is 36.0 Å². The van der Waals surface area contributed by atoms with Crippen molar-refractivity contribution < 1.29 is 0 Å². The van der Waals surface area contributed by atoms with E-state index in [2.05, 4.69) is 54.5 Å². The number of hydrogen-bond acceptors (Lipinski definition) is 3. The van der Waals surface area contributed by atoms with Crippen molar-refractivity contribution in [2.24, 2.45) is 10.8 Å². The van der Waals surface area contributed by atoms with E-state index in [1.54, 1.807) is 11.3 Å². The van der Waals surface area contributed by atoms with Gasteiger partial charge in [-0.15, -0.1) is 11.3 Å². The second-order valence-electron chi connectivity index (χ2n) is 8.37. The number of benzene rings is 1. The number of likely N-dealkylation sites (tertiary alicyclic amines) is 1. The average molecular weight is 333 g/mol. The van der Waals surface area contributed by atoms with E-state index < -0.39 is 0 Å². The normalized spacial score (nSPS) is 31.0. The first-order valence-electron chi connectivity index (χ1n) is 8.18. The molecule has 0 unspecified atom stereocenters. The van der Waals surface area contributed by atoms with Gasteiger partial charge >= 0.3 is 0 Å². The van der Waals surface area contributed by atoms with Gasteiger partial charge in [0.05, 0.1) is 16.9 Å². The van der Waals surface area contributed by atoms with E-state index in [1.807, 2.05) is 0 Å². The van der Waals surface area contributed by atoms with Gasteiger partial charge in [0.1, 0.15) is 0 Å². The summed E-state index contributed by atoms with van der Waals surface area (Å²) in [7, 11) is 0. The van der Waals surface area contributed by atoms with Crippen molar-refractivity contribution >= 4 is 33.8 Å². The van der Waals surface area contributed by atoms with E-state index in [4.69, 9.17) is 12.2 Å². The Kier molecular flexibility index (Phi) is 3.30. The SMILES string of the molecule is CC1(C)C[C@H]2C[C@@](C)(CN2Cn2c(=S)sc3ccccc32)C1. The molecule has 118 valence electrons. The Morgan fingerprint density at radius 1 is 1.23 bits per heavy atom. The lowest BCUT2D eigenvalue weighted by atomic mass is 9.65. The van der Waals surface area contributed by atoms with Crippen LogP contribution in [0.4, 0.5) is 0 Å². The topological polar surface area (TPSA) is 8.17 Å². The molecular formula is C18H24N2S2. The minimum absolute atomic E-state index is 0.477. The predicted octanol–water partition coefficient (Wildman–Crippen LogP) is 5.29. The lowest BCUT2D eigenvalue weighted by molar-refractivity contribution is 0.122. The van der Waals surface area contributed by atoms with Crippen LogP contribution in [-0.2, 0) is 6.67 Å². The maximum Gasteiger partial charge on any atom is 0.163 e. The molecule has 1 aromatic heterocycles. The molecule has 2 nitrogen and oxygen atoms in total. The zero-order valence-electron chi connectivity index (χ0n) is 13.6. The fourth-order valence-corrected chi connectivity index (χ4v) is 6.38. The fraction of sp³-hybridized carbons (Fsp3) is 0.611. The van der Waals surface area contributed by atoms with E-state index in [9.17, 15) is 0 Å².